The molecule has 0 atom stereocenters. The van der Waals surface area contributed by atoms with Crippen molar-refractivity contribution in [2.45, 2.75) is 19.4 Å². The molecule has 0 aliphatic rings. The topological polar surface area (TPSA) is 92.9 Å². The minimum absolute atomic E-state index is 0.109. The Kier molecular flexibility index (Phi) is 5.99. The lowest BCUT2D eigenvalue weighted by Crippen LogP contribution is -2.49. The van der Waals surface area contributed by atoms with Gasteiger partial charge in [0.25, 0.3) is 0 Å². The Balaban J connectivity index is 2.77. The van der Waals surface area contributed by atoms with Crippen molar-refractivity contribution in [3.63, 3.8) is 0 Å². The molecule has 1 rings (SSSR count). The number of carbonyl (C=O) groups excluding carboxylic acids is 1. The largest absolute Gasteiger partial charge is 0.486 e. The molecule has 0 saturated heterocycles. The maximum atomic E-state index is 11.7. The average molecular weight is 315 g/mol. The third-order valence-electron chi connectivity index (χ3n) is 2.63. The van der Waals surface area contributed by atoms with Gasteiger partial charge in [-0.1, -0.05) is 11.6 Å². The van der Waals surface area contributed by atoms with Gasteiger partial charge in [-0.25, -0.2) is 0 Å². The Hall–Kier alpha value is -1.79. The van der Waals surface area contributed by atoms with Gasteiger partial charge in [0.2, 0.25) is 5.91 Å². The van der Waals surface area contributed by atoms with Gasteiger partial charge >= 0.3 is 5.97 Å². The van der Waals surface area contributed by atoms with Crippen molar-refractivity contribution in [1.82, 2.24) is 4.90 Å². The highest BCUT2D eigenvalue weighted by Gasteiger charge is 2.27. The molecule has 7 heteroatoms. The third kappa shape index (κ3) is 6.01. The van der Waals surface area contributed by atoms with Crippen molar-refractivity contribution in [2.75, 3.05) is 19.6 Å². The fourth-order valence-corrected chi connectivity index (χ4v) is 1.96. The molecule has 0 heterocycles. The summed E-state index contributed by atoms with van der Waals surface area (Å²) in [6, 6.07) is 6.78. The molecule has 0 aliphatic carbocycles. The predicted molar refractivity (Wildman–Crippen MR) is 79.4 cm³/mol. The SMILES string of the molecule is CC(C)(CN(CC(=O)O)C(=O)CN)Oc1ccc(Cl)cc1. The zero-order valence-corrected chi connectivity index (χ0v) is 12.8. The second kappa shape index (κ2) is 7.28. The van der Waals surface area contributed by atoms with E-state index in [0.717, 1.165) is 4.90 Å². The standard InChI is InChI=1S/C14H19ClN2O4/c1-14(2,21-11-5-3-10(15)4-6-11)9-17(8-13(19)20)12(18)7-16/h3-6H,7-9,16H2,1-2H3,(H,19,20). The molecule has 1 aromatic carbocycles. The first-order chi connectivity index (χ1) is 9.73. The monoisotopic (exact) mass is 314 g/mol. The number of halogens is 1. The molecule has 3 N–H and O–H groups in total. The highest BCUT2D eigenvalue weighted by Crippen LogP contribution is 2.21. The molecule has 0 bridgehead atoms. The molecule has 0 fully saturated rings. The smallest absolute Gasteiger partial charge is 0.323 e. The van der Waals surface area contributed by atoms with Crippen LogP contribution in [-0.4, -0.2) is 47.1 Å². The zero-order chi connectivity index (χ0) is 16.0. The number of benzene rings is 1. The number of nitrogens with zero attached hydrogens (tertiary/aromatic N) is 1. The van der Waals surface area contributed by atoms with Crippen molar-refractivity contribution >= 4 is 23.5 Å². The lowest BCUT2D eigenvalue weighted by Gasteiger charge is -2.32. The Morgan fingerprint density at radius 3 is 2.38 bits per heavy atom. The third-order valence-corrected chi connectivity index (χ3v) is 2.88. The highest BCUT2D eigenvalue weighted by atomic mass is 35.5. The van der Waals surface area contributed by atoms with Crippen LogP contribution in [0.3, 0.4) is 0 Å². The second-order valence-corrected chi connectivity index (χ2v) is 5.60. The zero-order valence-electron chi connectivity index (χ0n) is 12.0. The lowest BCUT2D eigenvalue weighted by atomic mass is 10.1. The molecule has 0 aromatic heterocycles. The minimum atomic E-state index is -1.10. The summed E-state index contributed by atoms with van der Waals surface area (Å²) < 4.78 is 5.78. The van der Waals surface area contributed by atoms with Gasteiger partial charge in [0.1, 0.15) is 17.9 Å². The number of nitrogens with two attached hydrogens (primary N) is 1. The quantitative estimate of drug-likeness (QED) is 0.793. The van der Waals surface area contributed by atoms with E-state index in [0.29, 0.717) is 10.8 Å². The predicted octanol–water partition coefficient (Wildman–Crippen LogP) is 1.37. The summed E-state index contributed by atoms with van der Waals surface area (Å²) >= 11 is 5.80. The van der Waals surface area contributed by atoms with Crippen molar-refractivity contribution in [1.29, 1.82) is 0 Å². The molecule has 6 nitrogen and oxygen atoms in total. The van der Waals surface area contributed by atoms with Gasteiger partial charge < -0.3 is 20.5 Å². The Labute approximate surface area is 128 Å². The molecule has 0 aliphatic heterocycles. The maximum absolute atomic E-state index is 11.7. The van der Waals surface area contributed by atoms with Gasteiger partial charge in [-0.05, 0) is 38.1 Å². The normalized spacial score (nSPS) is 11.0. The number of aliphatic carboxylic acids is 1. The molecule has 1 amide bonds. The first-order valence-electron chi connectivity index (χ1n) is 6.38. The number of carboxylic acids is 1. The van der Waals surface area contributed by atoms with Crippen molar-refractivity contribution in [3.8, 4) is 5.75 Å². The molecule has 0 spiro atoms. The van der Waals surface area contributed by atoms with E-state index in [4.69, 9.17) is 27.2 Å². The summed E-state index contributed by atoms with van der Waals surface area (Å²) in [6.07, 6.45) is 0. The minimum Gasteiger partial charge on any atom is -0.486 e. The highest BCUT2D eigenvalue weighted by molar-refractivity contribution is 6.30. The number of rotatable bonds is 7. The van der Waals surface area contributed by atoms with Crippen LogP contribution >= 0.6 is 11.6 Å². The van der Waals surface area contributed by atoms with E-state index in [9.17, 15) is 9.59 Å². The van der Waals surface area contributed by atoms with E-state index < -0.39 is 24.0 Å². The number of carbonyl (C=O) groups is 2. The Bertz CT molecular complexity index is 502. The van der Waals surface area contributed by atoms with E-state index in [1.54, 1.807) is 38.1 Å². The first-order valence-corrected chi connectivity index (χ1v) is 6.75. The van der Waals surface area contributed by atoms with E-state index in [-0.39, 0.29) is 13.1 Å². The lowest BCUT2D eigenvalue weighted by molar-refractivity contribution is -0.145. The molecule has 1 aromatic rings. The van der Waals surface area contributed by atoms with Crippen molar-refractivity contribution in [3.05, 3.63) is 29.3 Å². The molecular formula is C14H19ClN2O4. The van der Waals surface area contributed by atoms with Crippen LogP contribution in [0.2, 0.25) is 5.02 Å². The van der Waals surface area contributed by atoms with E-state index >= 15 is 0 Å². The number of ether oxygens (including phenoxy) is 1. The molecule has 0 saturated carbocycles. The van der Waals surface area contributed by atoms with Gasteiger partial charge in [0.15, 0.2) is 0 Å². The van der Waals surface area contributed by atoms with Gasteiger partial charge in [-0.3, -0.25) is 9.59 Å². The molecule has 0 radical (unpaired) electrons. The van der Waals surface area contributed by atoms with Crippen molar-refractivity contribution < 1.29 is 19.4 Å². The van der Waals surface area contributed by atoms with Crippen LogP contribution in [0.25, 0.3) is 0 Å². The molecule has 21 heavy (non-hydrogen) atoms. The van der Waals surface area contributed by atoms with Crippen LogP contribution in [0.4, 0.5) is 0 Å². The maximum Gasteiger partial charge on any atom is 0.323 e. The number of hydrogen-bond donors (Lipinski definition) is 2. The summed E-state index contributed by atoms with van der Waals surface area (Å²) in [7, 11) is 0. The van der Waals surface area contributed by atoms with E-state index in [2.05, 4.69) is 0 Å². The molecule has 116 valence electrons. The fourth-order valence-electron chi connectivity index (χ4n) is 1.84. The van der Waals surface area contributed by atoms with Crippen LogP contribution < -0.4 is 10.5 Å². The summed E-state index contributed by atoms with van der Waals surface area (Å²) in [5.41, 5.74) is 4.53. The van der Waals surface area contributed by atoms with Crippen molar-refractivity contribution in [2.24, 2.45) is 5.73 Å². The van der Waals surface area contributed by atoms with Crippen LogP contribution in [0, 0.1) is 0 Å². The summed E-state index contributed by atoms with van der Waals surface area (Å²) in [4.78, 5) is 23.7. The molecular weight excluding hydrogens is 296 g/mol. The van der Waals surface area contributed by atoms with Crippen LogP contribution in [0.5, 0.6) is 5.75 Å². The van der Waals surface area contributed by atoms with E-state index in [1.165, 1.54) is 0 Å². The number of carboxylic acid groups (broad SMARTS) is 1. The second-order valence-electron chi connectivity index (χ2n) is 5.16. The summed E-state index contributed by atoms with van der Waals surface area (Å²) in [5.74, 6) is -0.954. The van der Waals surface area contributed by atoms with Crippen LogP contribution in [-0.2, 0) is 9.59 Å². The summed E-state index contributed by atoms with van der Waals surface area (Å²) in [5, 5.41) is 9.44. The van der Waals surface area contributed by atoms with Gasteiger partial charge in [0.05, 0.1) is 13.1 Å². The number of hydrogen-bond acceptors (Lipinski definition) is 4. The molecule has 0 unspecified atom stereocenters. The van der Waals surface area contributed by atoms with Gasteiger partial charge in [-0.15, -0.1) is 0 Å². The fraction of sp³-hybridized carbons (Fsp3) is 0.429. The first kappa shape index (κ1) is 17.3. The average Bonchev–Trinajstić information content (AvgIpc) is 2.38. The number of amides is 1. The Morgan fingerprint density at radius 2 is 1.90 bits per heavy atom. The van der Waals surface area contributed by atoms with Crippen LogP contribution in [0.1, 0.15) is 13.8 Å². The van der Waals surface area contributed by atoms with E-state index in [1.807, 2.05) is 0 Å². The van der Waals surface area contributed by atoms with Gasteiger partial charge in [-0.2, -0.15) is 0 Å². The Morgan fingerprint density at radius 1 is 1.33 bits per heavy atom. The summed E-state index contributed by atoms with van der Waals surface area (Å²) in [6.45, 7) is 2.98. The van der Waals surface area contributed by atoms with Gasteiger partial charge in [0, 0.05) is 5.02 Å². The van der Waals surface area contributed by atoms with Crippen LogP contribution in [0.15, 0.2) is 24.3 Å².